The number of nitrogens with one attached hydrogen (secondary N) is 2. The Morgan fingerprint density at radius 3 is 2.60 bits per heavy atom. The first kappa shape index (κ1) is 14.4. The van der Waals surface area contributed by atoms with Crippen molar-refractivity contribution in [2.45, 2.75) is 5.92 Å². The van der Waals surface area contributed by atoms with Crippen molar-refractivity contribution >= 4 is 33.6 Å². The molecule has 1 aliphatic rings. The molecule has 3 aromatic carbocycles. The molecule has 4 aromatic rings. The fourth-order valence-electron chi connectivity index (χ4n) is 3.56. The number of hydrogen-bond donors (Lipinski definition) is 2. The Morgan fingerprint density at radius 2 is 1.76 bits per heavy atom. The maximum absolute atomic E-state index is 13.4. The molecule has 1 unspecified atom stereocenters. The van der Waals surface area contributed by atoms with Gasteiger partial charge < -0.3 is 5.32 Å². The number of anilines is 2. The van der Waals surface area contributed by atoms with Crippen LogP contribution in [-0.2, 0) is 0 Å². The van der Waals surface area contributed by atoms with Gasteiger partial charge in [-0.2, -0.15) is 0 Å². The molecular weight excluding hydrogens is 335 g/mol. The van der Waals surface area contributed by atoms with Gasteiger partial charge in [0.15, 0.2) is 0 Å². The van der Waals surface area contributed by atoms with Crippen LogP contribution in [-0.4, -0.2) is 4.98 Å². The van der Waals surface area contributed by atoms with Crippen molar-refractivity contribution in [2.75, 3.05) is 5.32 Å². The van der Waals surface area contributed by atoms with E-state index in [4.69, 9.17) is 0 Å². The second-order valence-electron chi connectivity index (χ2n) is 6.11. The van der Waals surface area contributed by atoms with E-state index >= 15 is 0 Å². The van der Waals surface area contributed by atoms with E-state index in [1.807, 2.05) is 12.1 Å². The molecule has 0 saturated heterocycles. The molecule has 1 aliphatic heterocycles. The second-order valence-corrected chi connectivity index (χ2v) is 7.13. The average molecular weight is 348 g/mol. The predicted octanol–water partition coefficient (Wildman–Crippen LogP) is 4.97. The van der Waals surface area contributed by atoms with E-state index in [9.17, 15) is 9.18 Å². The monoisotopic (exact) mass is 348 g/mol. The highest BCUT2D eigenvalue weighted by atomic mass is 32.1. The molecular formula is C20H13FN2OS. The van der Waals surface area contributed by atoms with Gasteiger partial charge in [0.1, 0.15) is 11.6 Å². The van der Waals surface area contributed by atoms with Crippen LogP contribution in [0.15, 0.2) is 65.5 Å². The lowest BCUT2D eigenvalue weighted by atomic mass is 9.85. The largest absolute Gasteiger partial charge is 0.340 e. The molecule has 1 aromatic heterocycles. The Labute approximate surface area is 146 Å². The lowest BCUT2D eigenvalue weighted by Crippen LogP contribution is -2.13. The minimum atomic E-state index is -0.265. The summed E-state index contributed by atoms with van der Waals surface area (Å²) < 4.78 is 13.4. The van der Waals surface area contributed by atoms with Crippen LogP contribution in [0.2, 0.25) is 0 Å². The molecule has 0 fully saturated rings. The molecule has 5 rings (SSSR count). The Balaban J connectivity index is 1.82. The van der Waals surface area contributed by atoms with Crippen molar-refractivity contribution in [3.05, 3.63) is 92.2 Å². The van der Waals surface area contributed by atoms with Gasteiger partial charge in [-0.1, -0.05) is 59.9 Å². The maximum Gasteiger partial charge on any atom is 0.306 e. The van der Waals surface area contributed by atoms with E-state index in [0.717, 1.165) is 38.3 Å². The average Bonchev–Trinajstić information content (AvgIpc) is 3.00. The van der Waals surface area contributed by atoms with Crippen LogP contribution in [0.25, 0.3) is 10.8 Å². The van der Waals surface area contributed by atoms with E-state index < -0.39 is 0 Å². The summed E-state index contributed by atoms with van der Waals surface area (Å²) in [6.45, 7) is 0. The first-order valence-electron chi connectivity index (χ1n) is 7.98. The Bertz CT molecular complexity index is 1160. The fourth-order valence-corrected chi connectivity index (χ4v) is 4.49. The summed E-state index contributed by atoms with van der Waals surface area (Å²) in [6, 6.07) is 18.8. The third kappa shape index (κ3) is 2.20. The van der Waals surface area contributed by atoms with Crippen LogP contribution in [0, 0.1) is 5.82 Å². The lowest BCUT2D eigenvalue weighted by molar-refractivity contribution is 0.627. The van der Waals surface area contributed by atoms with E-state index in [-0.39, 0.29) is 16.6 Å². The SMILES string of the molecule is O=c1[nH]c2c(s1)C(c1ccc(F)cc1)c1ccc3ccccc3c1N2. The van der Waals surface area contributed by atoms with Gasteiger partial charge in [0.2, 0.25) is 0 Å². The summed E-state index contributed by atoms with van der Waals surface area (Å²) in [5.74, 6) is 0.368. The van der Waals surface area contributed by atoms with Gasteiger partial charge in [-0.25, -0.2) is 4.39 Å². The topological polar surface area (TPSA) is 44.9 Å². The van der Waals surface area contributed by atoms with Gasteiger partial charge in [0, 0.05) is 11.3 Å². The molecule has 2 heterocycles. The second kappa shape index (κ2) is 5.29. The molecule has 0 aliphatic carbocycles. The first-order valence-corrected chi connectivity index (χ1v) is 8.79. The molecule has 25 heavy (non-hydrogen) atoms. The normalized spacial score (nSPS) is 15.5. The zero-order valence-corrected chi connectivity index (χ0v) is 13.9. The van der Waals surface area contributed by atoms with Crippen LogP contribution in [0.5, 0.6) is 0 Å². The van der Waals surface area contributed by atoms with Crippen LogP contribution in [0.4, 0.5) is 15.9 Å². The third-order valence-corrected chi connectivity index (χ3v) is 5.61. The Hall–Kier alpha value is -2.92. The fraction of sp³-hybridized carbons (Fsp3) is 0.0500. The molecule has 3 nitrogen and oxygen atoms in total. The molecule has 5 heteroatoms. The number of benzene rings is 3. The van der Waals surface area contributed by atoms with Crippen molar-refractivity contribution in [1.82, 2.24) is 4.98 Å². The highest BCUT2D eigenvalue weighted by Crippen LogP contribution is 2.47. The maximum atomic E-state index is 13.4. The number of aromatic amines is 1. The molecule has 122 valence electrons. The van der Waals surface area contributed by atoms with E-state index in [1.54, 1.807) is 12.1 Å². The molecule has 0 spiro atoms. The predicted molar refractivity (Wildman–Crippen MR) is 99.5 cm³/mol. The van der Waals surface area contributed by atoms with Gasteiger partial charge in [0.05, 0.1) is 10.6 Å². The smallest absolute Gasteiger partial charge is 0.306 e. The zero-order valence-electron chi connectivity index (χ0n) is 13.0. The number of hydrogen-bond acceptors (Lipinski definition) is 3. The summed E-state index contributed by atoms with van der Waals surface area (Å²) in [5.41, 5.74) is 3.05. The van der Waals surface area contributed by atoms with E-state index in [0.29, 0.717) is 0 Å². The molecule has 0 radical (unpaired) electrons. The van der Waals surface area contributed by atoms with Crippen molar-refractivity contribution in [3.8, 4) is 0 Å². The van der Waals surface area contributed by atoms with Gasteiger partial charge in [-0.3, -0.25) is 9.78 Å². The summed E-state index contributed by atoms with van der Waals surface area (Å²) in [7, 11) is 0. The molecule has 1 atom stereocenters. The number of fused-ring (bicyclic) bond motifs is 4. The highest BCUT2D eigenvalue weighted by molar-refractivity contribution is 7.10. The van der Waals surface area contributed by atoms with Gasteiger partial charge in [-0.15, -0.1) is 0 Å². The number of aromatic nitrogens is 1. The standard InChI is InChI=1S/C20H13FN2OS/c21-13-8-5-12(6-9-13)16-15-10-7-11-3-1-2-4-14(11)17(15)22-19-18(16)25-20(24)23-19/h1-10,16,22H,(H,23,24). The summed E-state index contributed by atoms with van der Waals surface area (Å²) >= 11 is 1.20. The molecule has 0 saturated carbocycles. The van der Waals surface area contributed by atoms with Crippen LogP contribution >= 0.6 is 11.3 Å². The number of thiazole rings is 1. The van der Waals surface area contributed by atoms with Gasteiger partial charge >= 0.3 is 4.87 Å². The molecule has 2 N–H and O–H groups in total. The van der Waals surface area contributed by atoms with Gasteiger partial charge in [0.25, 0.3) is 0 Å². The van der Waals surface area contributed by atoms with Crippen LogP contribution in [0.1, 0.15) is 21.9 Å². The molecule has 0 bridgehead atoms. The summed E-state index contributed by atoms with van der Waals surface area (Å²) in [4.78, 5) is 15.7. The number of halogens is 1. The van der Waals surface area contributed by atoms with Crippen LogP contribution in [0.3, 0.4) is 0 Å². The summed E-state index contributed by atoms with van der Waals surface area (Å²) in [6.07, 6.45) is 0. The minimum absolute atomic E-state index is 0.0956. The number of rotatable bonds is 1. The van der Waals surface area contributed by atoms with Crippen LogP contribution < -0.4 is 10.2 Å². The van der Waals surface area contributed by atoms with E-state index in [2.05, 4.69) is 34.6 Å². The zero-order chi connectivity index (χ0) is 17.0. The van der Waals surface area contributed by atoms with Gasteiger partial charge in [-0.05, 0) is 28.6 Å². The van der Waals surface area contributed by atoms with Crippen molar-refractivity contribution < 1.29 is 4.39 Å². The lowest BCUT2D eigenvalue weighted by Gasteiger charge is -2.27. The molecule has 0 amide bonds. The number of H-pyrrole nitrogens is 1. The third-order valence-electron chi connectivity index (χ3n) is 4.66. The van der Waals surface area contributed by atoms with Crippen molar-refractivity contribution in [2.24, 2.45) is 0 Å². The van der Waals surface area contributed by atoms with Crippen molar-refractivity contribution in [3.63, 3.8) is 0 Å². The Morgan fingerprint density at radius 1 is 0.960 bits per heavy atom. The summed E-state index contributed by atoms with van der Waals surface area (Å²) in [5, 5.41) is 5.63. The quantitative estimate of drug-likeness (QED) is 0.449. The first-order chi connectivity index (χ1) is 12.2. The van der Waals surface area contributed by atoms with Crippen molar-refractivity contribution in [1.29, 1.82) is 0 Å². The minimum Gasteiger partial charge on any atom is -0.340 e. The Kier molecular flexibility index (Phi) is 3.05. The van der Waals surface area contributed by atoms with E-state index in [1.165, 1.54) is 23.5 Å². The highest BCUT2D eigenvalue weighted by Gasteiger charge is 2.30.